The van der Waals surface area contributed by atoms with Crippen LogP contribution in [0.1, 0.15) is 44.1 Å². The van der Waals surface area contributed by atoms with Gasteiger partial charge >= 0.3 is 0 Å². The lowest BCUT2D eigenvalue weighted by Crippen LogP contribution is -2.41. The highest BCUT2D eigenvalue weighted by molar-refractivity contribution is 5.93. The lowest BCUT2D eigenvalue weighted by atomic mass is 10.1. The second-order valence-electron chi connectivity index (χ2n) is 5.41. The molecule has 0 saturated heterocycles. The first-order valence-corrected chi connectivity index (χ1v) is 5.85. The minimum atomic E-state index is -0.258. The fourth-order valence-electron chi connectivity index (χ4n) is 1.40. The van der Waals surface area contributed by atoms with Gasteiger partial charge in [-0.1, -0.05) is 0 Å². The Labute approximate surface area is 101 Å². The zero-order valence-corrected chi connectivity index (χ0v) is 10.4. The van der Waals surface area contributed by atoms with Gasteiger partial charge in [-0.05, 0) is 33.6 Å². The van der Waals surface area contributed by atoms with Crippen LogP contribution < -0.4 is 10.6 Å². The first kappa shape index (κ1) is 11.8. The molecular formula is C12H18N4O. The molecule has 0 bridgehead atoms. The van der Waals surface area contributed by atoms with Crippen molar-refractivity contribution < 1.29 is 4.79 Å². The number of aromatic nitrogens is 2. The van der Waals surface area contributed by atoms with Crippen molar-refractivity contribution in [2.75, 3.05) is 5.32 Å². The molecule has 1 heterocycles. The van der Waals surface area contributed by atoms with Gasteiger partial charge in [-0.3, -0.25) is 4.79 Å². The maximum atomic E-state index is 11.9. The topological polar surface area (TPSA) is 66.9 Å². The maximum Gasteiger partial charge on any atom is 0.270 e. The summed E-state index contributed by atoms with van der Waals surface area (Å²) in [7, 11) is 0. The second-order valence-corrected chi connectivity index (χ2v) is 5.41. The van der Waals surface area contributed by atoms with E-state index in [1.54, 1.807) is 6.07 Å². The number of anilines is 1. The van der Waals surface area contributed by atoms with E-state index >= 15 is 0 Å². The van der Waals surface area contributed by atoms with Crippen LogP contribution in [0.25, 0.3) is 0 Å². The molecule has 2 N–H and O–H groups in total. The molecule has 1 aromatic heterocycles. The van der Waals surface area contributed by atoms with Crippen LogP contribution in [-0.4, -0.2) is 27.5 Å². The molecule has 0 unspecified atom stereocenters. The van der Waals surface area contributed by atoms with Crippen molar-refractivity contribution in [3.05, 3.63) is 18.1 Å². The van der Waals surface area contributed by atoms with Crippen LogP contribution in [0.2, 0.25) is 0 Å². The van der Waals surface area contributed by atoms with Gasteiger partial charge in [-0.15, -0.1) is 0 Å². The molecule has 1 aliphatic rings. The summed E-state index contributed by atoms with van der Waals surface area (Å²) in [6.07, 6.45) is 3.77. The van der Waals surface area contributed by atoms with Crippen molar-refractivity contribution in [2.24, 2.45) is 0 Å². The summed E-state index contributed by atoms with van der Waals surface area (Å²) in [6.45, 7) is 5.82. The molecule has 5 nitrogen and oxygen atoms in total. The number of carbonyl (C=O) groups is 1. The molecule has 1 aromatic rings. The molecule has 0 aromatic carbocycles. The van der Waals surface area contributed by atoms with E-state index in [2.05, 4.69) is 20.6 Å². The first-order chi connectivity index (χ1) is 7.94. The highest BCUT2D eigenvalue weighted by Gasteiger charge is 2.22. The largest absolute Gasteiger partial charge is 0.367 e. The average molecular weight is 234 g/mol. The van der Waals surface area contributed by atoms with E-state index in [0.29, 0.717) is 11.7 Å². The van der Waals surface area contributed by atoms with Gasteiger partial charge in [0, 0.05) is 17.6 Å². The molecule has 0 atom stereocenters. The molecule has 92 valence electrons. The first-order valence-electron chi connectivity index (χ1n) is 5.85. The Morgan fingerprint density at radius 2 is 2.06 bits per heavy atom. The van der Waals surface area contributed by atoms with Gasteiger partial charge < -0.3 is 10.6 Å². The third-order valence-corrected chi connectivity index (χ3v) is 2.32. The SMILES string of the molecule is CC(C)(C)NC(=O)c1cc(NC2CC2)ncn1. The Morgan fingerprint density at radius 3 is 2.65 bits per heavy atom. The van der Waals surface area contributed by atoms with Crippen molar-refractivity contribution in [2.45, 2.75) is 45.2 Å². The highest BCUT2D eigenvalue weighted by atomic mass is 16.2. The summed E-state index contributed by atoms with van der Waals surface area (Å²) in [5.74, 6) is 0.556. The average Bonchev–Trinajstić information content (AvgIpc) is 2.99. The van der Waals surface area contributed by atoms with Gasteiger partial charge in [-0.2, -0.15) is 0 Å². The molecule has 5 heteroatoms. The summed E-state index contributed by atoms with van der Waals surface area (Å²) in [6, 6.07) is 2.21. The third kappa shape index (κ3) is 3.69. The van der Waals surface area contributed by atoms with Crippen LogP contribution in [0.4, 0.5) is 5.82 Å². The van der Waals surface area contributed by atoms with Gasteiger partial charge in [-0.25, -0.2) is 9.97 Å². The van der Waals surface area contributed by atoms with Crippen molar-refractivity contribution in [3.8, 4) is 0 Å². The van der Waals surface area contributed by atoms with Gasteiger partial charge in [0.1, 0.15) is 17.8 Å². The zero-order valence-electron chi connectivity index (χ0n) is 10.4. The van der Waals surface area contributed by atoms with Crippen LogP contribution in [0, 0.1) is 0 Å². The monoisotopic (exact) mass is 234 g/mol. The van der Waals surface area contributed by atoms with Crippen LogP contribution in [0.3, 0.4) is 0 Å². The molecule has 1 saturated carbocycles. The van der Waals surface area contributed by atoms with E-state index in [-0.39, 0.29) is 11.4 Å². The maximum absolute atomic E-state index is 11.9. The van der Waals surface area contributed by atoms with Gasteiger partial charge in [0.25, 0.3) is 5.91 Å². The Hall–Kier alpha value is -1.65. The van der Waals surface area contributed by atoms with Crippen LogP contribution in [0.15, 0.2) is 12.4 Å². The Kier molecular flexibility index (Phi) is 3.00. The fourth-order valence-corrected chi connectivity index (χ4v) is 1.40. The molecule has 0 aliphatic heterocycles. The normalized spacial score (nSPS) is 15.5. The number of carbonyl (C=O) groups excluding carboxylic acids is 1. The minimum absolute atomic E-state index is 0.168. The number of hydrogen-bond donors (Lipinski definition) is 2. The number of nitrogens with zero attached hydrogens (tertiary/aromatic N) is 2. The van der Waals surface area contributed by atoms with Crippen molar-refractivity contribution in [1.29, 1.82) is 0 Å². The lowest BCUT2D eigenvalue weighted by Gasteiger charge is -2.20. The van der Waals surface area contributed by atoms with E-state index in [0.717, 1.165) is 5.82 Å². The van der Waals surface area contributed by atoms with Gasteiger partial charge in [0.05, 0.1) is 0 Å². The van der Waals surface area contributed by atoms with Gasteiger partial charge in [0.2, 0.25) is 0 Å². The summed E-state index contributed by atoms with van der Waals surface area (Å²) in [5, 5.41) is 6.12. The number of amides is 1. The summed E-state index contributed by atoms with van der Waals surface area (Å²) in [4.78, 5) is 20.0. The predicted octanol–water partition coefficient (Wildman–Crippen LogP) is 1.58. The molecule has 1 aliphatic carbocycles. The molecule has 0 spiro atoms. The quantitative estimate of drug-likeness (QED) is 0.833. The van der Waals surface area contributed by atoms with E-state index in [4.69, 9.17) is 0 Å². The lowest BCUT2D eigenvalue weighted by molar-refractivity contribution is 0.0914. The van der Waals surface area contributed by atoms with Crippen molar-refractivity contribution >= 4 is 11.7 Å². The van der Waals surface area contributed by atoms with E-state index < -0.39 is 0 Å². The number of hydrogen-bond acceptors (Lipinski definition) is 4. The van der Waals surface area contributed by atoms with Crippen molar-refractivity contribution in [1.82, 2.24) is 15.3 Å². The smallest absolute Gasteiger partial charge is 0.270 e. The van der Waals surface area contributed by atoms with Crippen LogP contribution in [-0.2, 0) is 0 Å². The van der Waals surface area contributed by atoms with E-state index in [9.17, 15) is 4.79 Å². The molecule has 1 amide bonds. The van der Waals surface area contributed by atoms with E-state index in [1.165, 1.54) is 19.2 Å². The molecule has 2 rings (SSSR count). The molecule has 17 heavy (non-hydrogen) atoms. The fraction of sp³-hybridized carbons (Fsp3) is 0.583. The Bertz CT molecular complexity index is 421. The second kappa shape index (κ2) is 4.31. The van der Waals surface area contributed by atoms with Crippen LogP contribution >= 0.6 is 0 Å². The zero-order chi connectivity index (χ0) is 12.5. The van der Waals surface area contributed by atoms with E-state index in [1.807, 2.05) is 20.8 Å². The molecular weight excluding hydrogens is 216 g/mol. The van der Waals surface area contributed by atoms with Gasteiger partial charge in [0.15, 0.2) is 0 Å². The molecule has 0 radical (unpaired) electrons. The minimum Gasteiger partial charge on any atom is -0.367 e. The standard InChI is InChI=1S/C12H18N4O/c1-12(2,3)16-11(17)9-6-10(14-7-13-9)15-8-4-5-8/h6-8H,4-5H2,1-3H3,(H,16,17)(H,13,14,15). The number of nitrogens with one attached hydrogen (secondary N) is 2. The highest BCUT2D eigenvalue weighted by Crippen LogP contribution is 2.23. The number of rotatable bonds is 3. The predicted molar refractivity (Wildman–Crippen MR) is 65.9 cm³/mol. The van der Waals surface area contributed by atoms with Crippen molar-refractivity contribution in [3.63, 3.8) is 0 Å². The Morgan fingerprint density at radius 1 is 1.35 bits per heavy atom. The summed E-state index contributed by atoms with van der Waals surface area (Å²) >= 11 is 0. The summed E-state index contributed by atoms with van der Waals surface area (Å²) < 4.78 is 0. The third-order valence-electron chi connectivity index (χ3n) is 2.32. The Balaban J connectivity index is 2.06. The summed E-state index contributed by atoms with van der Waals surface area (Å²) in [5.41, 5.74) is 0.143. The molecule has 1 fully saturated rings. The van der Waals surface area contributed by atoms with Crippen LogP contribution in [0.5, 0.6) is 0 Å².